The topological polar surface area (TPSA) is 57.5 Å². The predicted molar refractivity (Wildman–Crippen MR) is 65.5 cm³/mol. The number of hydrogen-bond acceptors (Lipinski definition) is 2. The fraction of sp³-hybridized carbons (Fsp3) is 0. The Morgan fingerprint density at radius 2 is 1.71 bits per heavy atom. The van der Waals surface area contributed by atoms with Gasteiger partial charge in [0.05, 0.1) is 0 Å². The number of hydrogen-bond donors (Lipinski definition) is 2. The summed E-state index contributed by atoms with van der Waals surface area (Å²) in [5.74, 6) is -1.39. The molecule has 0 heterocycles. The molecular formula is C13H9ClO3. The number of aromatic carboxylic acids is 1. The lowest BCUT2D eigenvalue weighted by Gasteiger charge is -2.07. The van der Waals surface area contributed by atoms with Gasteiger partial charge in [0.25, 0.3) is 0 Å². The third kappa shape index (κ3) is 2.24. The molecule has 86 valence electrons. The first-order chi connectivity index (χ1) is 8.09. The molecule has 0 atom stereocenters. The molecule has 0 radical (unpaired) electrons. The highest BCUT2D eigenvalue weighted by molar-refractivity contribution is 6.30. The van der Waals surface area contributed by atoms with Crippen LogP contribution in [0.5, 0.6) is 5.75 Å². The van der Waals surface area contributed by atoms with E-state index in [-0.39, 0.29) is 11.3 Å². The van der Waals surface area contributed by atoms with Crippen molar-refractivity contribution >= 4 is 17.6 Å². The summed E-state index contributed by atoms with van der Waals surface area (Å²) in [6.07, 6.45) is 0. The van der Waals surface area contributed by atoms with E-state index in [0.717, 1.165) is 5.56 Å². The van der Waals surface area contributed by atoms with Crippen molar-refractivity contribution in [2.45, 2.75) is 0 Å². The summed E-state index contributed by atoms with van der Waals surface area (Å²) >= 11 is 5.76. The Bertz CT molecular complexity index is 561. The fourth-order valence-electron chi connectivity index (χ4n) is 1.58. The van der Waals surface area contributed by atoms with Crippen LogP contribution in [0.3, 0.4) is 0 Å². The summed E-state index contributed by atoms with van der Waals surface area (Å²) in [7, 11) is 0. The molecule has 0 fully saturated rings. The minimum absolute atomic E-state index is 0.113. The Hall–Kier alpha value is -2.00. The van der Waals surface area contributed by atoms with Crippen molar-refractivity contribution in [1.29, 1.82) is 0 Å². The van der Waals surface area contributed by atoms with Crippen LogP contribution in [0.4, 0.5) is 0 Å². The summed E-state index contributed by atoms with van der Waals surface area (Å²) in [6, 6.07) is 11.4. The van der Waals surface area contributed by atoms with Crippen LogP contribution < -0.4 is 0 Å². The number of carbonyl (C=O) groups is 1. The molecule has 0 spiro atoms. The van der Waals surface area contributed by atoms with E-state index in [9.17, 15) is 9.90 Å². The Balaban J connectivity index is 2.56. The molecule has 2 aromatic rings. The maximum absolute atomic E-state index is 10.9. The maximum Gasteiger partial charge on any atom is 0.339 e. The van der Waals surface area contributed by atoms with Crippen molar-refractivity contribution in [2.24, 2.45) is 0 Å². The third-order valence-corrected chi connectivity index (χ3v) is 2.67. The highest BCUT2D eigenvalue weighted by Gasteiger charge is 2.13. The standard InChI is InChI=1S/C13H9ClO3/c14-9-6-4-8(5-7-9)10-2-1-3-11(12(10)15)13(16)17/h1-7,15H,(H,16,17). The average Bonchev–Trinajstić information content (AvgIpc) is 2.30. The molecule has 0 aliphatic rings. The van der Waals surface area contributed by atoms with E-state index in [4.69, 9.17) is 16.7 Å². The first kappa shape index (κ1) is 11.5. The van der Waals surface area contributed by atoms with Crippen LogP contribution in [0.1, 0.15) is 10.4 Å². The smallest absolute Gasteiger partial charge is 0.339 e. The minimum Gasteiger partial charge on any atom is -0.506 e. The largest absolute Gasteiger partial charge is 0.506 e. The van der Waals surface area contributed by atoms with E-state index in [1.807, 2.05) is 0 Å². The Labute approximate surface area is 103 Å². The van der Waals surface area contributed by atoms with Crippen LogP contribution in [0.25, 0.3) is 11.1 Å². The van der Waals surface area contributed by atoms with Gasteiger partial charge in [0.2, 0.25) is 0 Å². The Morgan fingerprint density at radius 3 is 2.29 bits per heavy atom. The number of aromatic hydroxyl groups is 1. The molecule has 0 aliphatic heterocycles. The van der Waals surface area contributed by atoms with Gasteiger partial charge >= 0.3 is 5.97 Å². The second kappa shape index (κ2) is 4.47. The lowest BCUT2D eigenvalue weighted by atomic mass is 10.0. The molecule has 0 saturated carbocycles. The molecule has 2 rings (SSSR count). The van der Waals surface area contributed by atoms with Gasteiger partial charge in [-0.1, -0.05) is 35.9 Å². The van der Waals surface area contributed by atoms with Crippen molar-refractivity contribution in [3.8, 4) is 16.9 Å². The fourth-order valence-corrected chi connectivity index (χ4v) is 1.70. The van der Waals surface area contributed by atoms with Crippen LogP contribution in [0, 0.1) is 0 Å². The first-order valence-electron chi connectivity index (χ1n) is 4.91. The minimum atomic E-state index is -1.15. The van der Waals surface area contributed by atoms with E-state index in [2.05, 4.69) is 0 Å². The quantitative estimate of drug-likeness (QED) is 0.856. The van der Waals surface area contributed by atoms with Gasteiger partial charge in [-0.05, 0) is 23.8 Å². The molecule has 0 amide bonds. The van der Waals surface area contributed by atoms with E-state index < -0.39 is 5.97 Å². The van der Waals surface area contributed by atoms with E-state index in [0.29, 0.717) is 10.6 Å². The van der Waals surface area contributed by atoms with Crippen LogP contribution in [-0.2, 0) is 0 Å². The van der Waals surface area contributed by atoms with Gasteiger partial charge < -0.3 is 10.2 Å². The van der Waals surface area contributed by atoms with Crippen LogP contribution in [0.15, 0.2) is 42.5 Å². The SMILES string of the molecule is O=C(O)c1cccc(-c2ccc(Cl)cc2)c1O. The number of phenols is 1. The first-order valence-corrected chi connectivity index (χ1v) is 5.28. The van der Waals surface area contributed by atoms with Crippen LogP contribution in [0.2, 0.25) is 5.02 Å². The molecule has 3 nitrogen and oxygen atoms in total. The molecule has 2 aromatic carbocycles. The van der Waals surface area contributed by atoms with E-state index >= 15 is 0 Å². The summed E-state index contributed by atoms with van der Waals surface area (Å²) in [4.78, 5) is 10.9. The summed E-state index contributed by atoms with van der Waals surface area (Å²) in [6.45, 7) is 0. The average molecular weight is 249 g/mol. The predicted octanol–water partition coefficient (Wildman–Crippen LogP) is 3.41. The highest BCUT2D eigenvalue weighted by Crippen LogP contribution is 2.32. The van der Waals surface area contributed by atoms with Crippen molar-refractivity contribution in [1.82, 2.24) is 0 Å². The van der Waals surface area contributed by atoms with Crippen LogP contribution in [-0.4, -0.2) is 16.2 Å². The second-order valence-electron chi connectivity index (χ2n) is 3.51. The van der Waals surface area contributed by atoms with Gasteiger partial charge in [0.15, 0.2) is 0 Å². The van der Waals surface area contributed by atoms with Crippen molar-refractivity contribution in [2.75, 3.05) is 0 Å². The molecule has 0 aliphatic carbocycles. The second-order valence-corrected chi connectivity index (χ2v) is 3.95. The van der Waals surface area contributed by atoms with Gasteiger partial charge in [0.1, 0.15) is 11.3 Å². The lowest BCUT2D eigenvalue weighted by molar-refractivity contribution is 0.0694. The number of halogens is 1. The molecule has 2 N–H and O–H groups in total. The summed E-state index contributed by atoms with van der Waals surface area (Å²) < 4.78 is 0. The molecular weight excluding hydrogens is 240 g/mol. The molecule has 4 heteroatoms. The van der Waals surface area contributed by atoms with Gasteiger partial charge in [-0.2, -0.15) is 0 Å². The Morgan fingerprint density at radius 1 is 1.06 bits per heavy atom. The maximum atomic E-state index is 10.9. The lowest BCUT2D eigenvalue weighted by Crippen LogP contribution is -1.97. The summed E-state index contributed by atoms with van der Waals surface area (Å²) in [5.41, 5.74) is 1.08. The summed E-state index contributed by atoms with van der Waals surface area (Å²) in [5, 5.41) is 19.4. The molecule has 0 unspecified atom stereocenters. The number of para-hydroxylation sites is 1. The normalized spacial score (nSPS) is 10.2. The number of rotatable bonds is 2. The van der Waals surface area contributed by atoms with Gasteiger partial charge in [-0.3, -0.25) is 0 Å². The van der Waals surface area contributed by atoms with Gasteiger partial charge in [-0.25, -0.2) is 4.79 Å². The number of carboxylic acids is 1. The zero-order valence-corrected chi connectivity index (χ0v) is 9.48. The van der Waals surface area contributed by atoms with Crippen LogP contribution >= 0.6 is 11.6 Å². The Kier molecular flexibility index (Phi) is 3.02. The number of carboxylic acid groups (broad SMARTS) is 1. The zero-order chi connectivity index (χ0) is 12.4. The van der Waals surface area contributed by atoms with Crippen molar-refractivity contribution in [3.05, 3.63) is 53.1 Å². The molecule has 0 aromatic heterocycles. The van der Waals surface area contributed by atoms with Crippen molar-refractivity contribution in [3.63, 3.8) is 0 Å². The number of benzene rings is 2. The van der Waals surface area contributed by atoms with Gasteiger partial charge in [0, 0.05) is 10.6 Å². The highest BCUT2D eigenvalue weighted by atomic mass is 35.5. The van der Waals surface area contributed by atoms with Gasteiger partial charge in [-0.15, -0.1) is 0 Å². The zero-order valence-electron chi connectivity index (χ0n) is 8.72. The monoisotopic (exact) mass is 248 g/mol. The molecule has 0 saturated heterocycles. The molecule has 0 bridgehead atoms. The van der Waals surface area contributed by atoms with Crippen molar-refractivity contribution < 1.29 is 15.0 Å². The van der Waals surface area contributed by atoms with E-state index in [1.54, 1.807) is 36.4 Å². The third-order valence-electron chi connectivity index (χ3n) is 2.42. The van der Waals surface area contributed by atoms with E-state index in [1.165, 1.54) is 6.07 Å². The molecule has 17 heavy (non-hydrogen) atoms.